The molecule has 1 aromatic carbocycles. The first-order valence-corrected chi connectivity index (χ1v) is 6.48. The van der Waals surface area contributed by atoms with E-state index in [4.69, 9.17) is 16.3 Å². The topological polar surface area (TPSA) is 26.3 Å². The van der Waals surface area contributed by atoms with Gasteiger partial charge in [-0.25, -0.2) is 0 Å². The van der Waals surface area contributed by atoms with E-state index in [1.165, 1.54) is 12.8 Å². The number of ether oxygens (including phenoxy) is 1. The summed E-state index contributed by atoms with van der Waals surface area (Å²) in [5.41, 5.74) is 0.583. The first-order chi connectivity index (χ1) is 8.19. The maximum atomic E-state index is 10.6. The Morgan fingerprint density at radius 2 is 2.00 bits per heavy atom. The van der Waals surface area contributed by atoms with Crippen LogP contribution in [0.1, 0.15) is 43.0 Å². The van der Waals surface area contributed by atoms with Gasteiger partial charge in [0, 0.05) is 5.56 Å². The maximum Gasteiger partial charge on any atom is 0.150 e. The largest absolute Gasteiger partial charge is 0.489 e. The SMILES string of the molecule is CC1CCC(Oc2ccc(C=O)cc2Cl)CC1. The summed E-state index contributed by atoms with van der Waals surface area (Å²) in [6, 6.07) is 5.17. The van der Waals surface area contributed by atoms with Crippen molar-refractivity contribution in [1.29, 1.82) is 0 Å². The lowest BCUT2D eigenvalue weighted by molar-refractivity contribution is 0.112. The van der Waals surface area contributed by atoms with Crippen molar-refractivity contribution < 1.29 is 9.53 Å². The fourth-order valence-corrected chi connectivity index (χ4v) is 2.45. The molecule has 1 saturated carbocycles. The third-order valence-electron chi connectivity index (χ3n) is 3.35. The van der Waals surface area contributed by atoms with Crippen LogP contribution in [-0.2, 0) is 0 Å². The molecule has 0 N–H and O–H groups in total. The van der Waals surface area contributed by atoms with Crippen LogP contribution in [0, 0.1) is 5.92 Å². The summed E-state index contributed by atoms with van der Waals surface area (Å²) in [6.07, 6.45) is 5.67. The number of hydrogen-bond donors (Lipinski definition) is 0. The molecule has 2 rings (SSSR count). The number of hydrogen-bond acceptors (Lipinski definition) is 2. The molecule has 1 aliphatic rings. The fourth-order valence-electron chi connectivity index (χ4n) is 2.21. The average molecular weight is 253 g/mol. The van der Waals surface area contributed by atoms with Gasteiger partial charge in [-0.05, 0) is 49.8 Å². The van der Waals surface area contributed by atoms with E-state index in [0.717, 1.165) is 25.0 Å². The van der Waals surface area contributed by atoms with Crippen molar-refractivity contribution in [3.63, 3.8) is 0 Å². The number of halogens is 1. The molecule has 0 aliphatic heterocycles. The summed E-state index contributed by atoms with van der Waals surface area (Å²) >= 11 is 6.07. The van der Waals surface area contributed by atoms with E-state index >= 15 is 0 Å². The van der Waals surface area contributed by atoms with Crippen LogP contribution >= 0.6 is 11.6 Å². The summed E-state index contributed by atoms with van der Waals surface area (Å²) in [6.45, 7) is 2.28. The highest BCUT2D eigenvalue weighted by Gasteiger charge is 2.20. The van der Waals surface area contributed by atoms with Crippen LogP contribution in [0.2, 0.25) is 5.02 Å². The Morgan fingerprint density at radius 1 is 1.29 bits per heavy atom. The predicted molar refractivity (Wildman–Crippen MR) is 68.9 cm³/mol. The smallest absolute Gasteiger partial charge is 0.150 e. The molecule has 1 fully saturated rings. The lowest BCUT2D eigenvalue weighted by Crippen LogP contribution is -2.23. The van der Waals surface area contributed by atoms with Gasteiger partial charge in [0.05, 0.1) is 11.1 Å². The fraction of sp³-hybridized carbons (Fsp3) is 0.500. The minimum atomic E-state index is 0.269. The summed E-state index contributed by atoms with van der Waals surface area (Å²) in [5, 5.41) is 0.522. The van der Waals surface area contributed by atoms with E-state index < -0.39 is 0 Å². The zero-order valence-electron chi connectivity index (χ0n) is 9.99. The highest BCUT2D eigenvalue weighted by Crippen LogP contribution is 2.31. The monoisotopic (exact) mass is 252 g/mol. The molecule has 92 valence electrons. The third-order valence-corrected chi connectivity index (χ3v) is 3.64. The van der Waals surface area contributed by atoms with Gasteiger partial charge in [-0.15, -0.1) is 0 Å². The van der Waals surface area contributed by atoms with Crippen molar-refractivity contribution in [3.8, 4) is 5.75 Å². The quantitative estimate of drug-likeness (QED) is 0.757. The lowest BCUT2D eigenvalue weighted by Gasteiger charge is -2.27. The van der Waals surface area contributed by atoms with E-state index in [1.54, 1.807) is 18.2 Å². The van der Waals surface area contributed by atoms with Crippen molar-refractivity contribution in [2.24, 2.45) is 5.92 Å². The van der Waals surface area contributed by atoms with Crippen LogP contribution in [0.3, 0.4) is 0 Å². The normalized spacial score (nSPS) is 24.4. The number of carbonyl (C=O) groups excluding carboxylic acids is 1. The molecule has 0 aromatic heterocycles. The molecule has 0 unspecified atom stereocenters. The molecule has 1 aromatic rings. The van der Waals surface area contributed by atoms with Crippen LogP contribution in [0.4, 0.5) is 0 Å². The van der Waals surface area contributed by atoms with Crippen LogP contribution in [0.5, 0.6) is 5.75 Å². The van der Waals surface area contributed by atoms with Crippen molar-refractivity contribution >= 4 is 17.9 Å². The Labute approximate surface area is 107 Å². The molecule has 0 radical (unpaired) electrons. The second-order valence-corrected chi connectivity index (χ2v) is 5.21. The number of aldehydes is 1. The standard InChI is InChI=1S/C14H17ClO2/c1-10-2-5-12(6-3-10)17-14-7-4-11(9-16)8-13(14)15/h4,7-10,12H,2-3,5-6H2,1H3. The second-order valence-electron chi connectivity index (χ2n) is 4.81. The first kappa shape index (κ1) is 12.4. The molecule has 0 saturated heterocycles. The Bertz CT molecular complexity index is 395. The molecular weight excluding hydrogens is 236 g/mol. The van der Waals surface area contributed by atoms with Gasteiger partial charge in [0.1, 0.15) is 12.0 Å². The summed E-state index contributed by atoms with van der Waals surface area (Å²) in [5.74, 6) is 1.50. The maximum absolute atomic E-state index is 10.6. The van der Waals surface area contributed by atoms with Gasteiger partial charge in [-0.3, -0.25) is 4.79 Å². The van der Waals surface area contributed by atoms with Crippen LogP contribution < -0.4 is 4.74 Å². The van der Waals surface area contributed by atoms with E-state index in [1.807, 2.05) is 0 Å². The third kappa shape index (κ3) is 3.22. The molecular formula is C14H17ClO2. The predicted octanol–water partition coefficient (Wildman–Crippen LogP) is 4.11. The molecule has 0 atom stereocenters. The van der Waals surface area contributed by atoms with Crippen molar-refractivity contribution in [3.05, 3.63) is 28.8 Å². The van der Waals surface area contributed by atoms with Crippen molar-refractivity contribution in [1.82, 2.24) is 0 Å². The Hall–Kier alpha value is -1.02. The Morgan fingerprint density at radius 3 is 2.59 bits per heavy atom. The highest BCUT2D eigenvalue weighted by atomic mass is 35.5. The summed E-state index contributed by atoms with van der Waals surface area (Å²) < 4.78 is 5.89. The molecule has 0 amide bonds. The molecule has 0 spiro atoms. The number of benzene rings is 1. The molecule has 1 aliphatic carbocycles. The molecule has 17 heavy (non-hydrogen) atoms. The van der Waals surface area contributed by atoms with E-state index in [9.17, 15) is 4.79 Å². The van der Waals surface area contributed by atoms with Gasteiger partial charge in [0.25, 0.3) is 0 Å². The van der Waals surface area contributed by atoms with Gasteiger partial charge in [-0.2, -0.15) is 0 Å². The molecule has 2 nitrogen and oxygen atoms in total. The molecule has 0 bridgehead atoms. The van der Waals surface area contributed by atoms with Crippen LogP contribution in [-0.4, -0.2) is 12.4 Å². The van der Waals surface area contributed by atoms with Gasteiger partial charge in [0.2, 0.25) is 0 Å². The Kier molecular flexibility index (Phi) is 4.06. The second kappa shape index (κ2) is 5.54. The average Bonchev–Trinajstić information content (AvgIpc) is 2.34. The lowest BCUT2D eigenvalue weighted by atomic mass is 9.89. The van der Waals surface area contributed by atoms with Gasteiger partial charge in [-0.1, -0.05) is 18.5 Å². The van der Waals surface area contributed by atoms with E-state index in [2.05, 4.69) is 6.92 Å². The first-order valence-electron chi connectivity index (χ1n) is 6.10. The van der Waals surface area contributed by atoms with E-state index in [-0.39, 0.29) is 6.10 Å². The van der Waals surface area contributed by atoms with Crippen molar-refractivity contribution in [2.75, 3.05) is 0 Å². The minimum Gasteiger partial charge on any atom is -0.489 e. The molecule has 0 heterocycles. The van der Waals surface area contributed by atoms with Crippen LogP contribution in [0.25, 0.3) is 0 Å². The Balaban J connectivity index is 2.01. The zero-order valence-corrected chi connectivity index (χ0v) is 10.7. The van der Waals surface area contributed by atoms with Gasteiger partial charge >= 0.3 is 0 Å². The van der Waals surface area contributed by atoms with Gasteiger partial charge in [0.15, 0.2) is 0 Å². The molecule has 3 heteroatoms. The number of carbonyl (C=O) groups is 1. The van der Waals surface area contributed by atoms with Crippen LogP contribution in [0.15, 0.2) is 18.2 Å². The summed E-state index contributed by atoms with van der Waals surface area (Å²) in [7, 11) is 0. The van der Waals surface area contributed by atoms with E-state index in [0.29, 0.717) is 16.3 Å². The minimum absolute atomic E-state index is 0.269. The zero-order chi connectivity index (χ0) is 12.3. The summed E-state index contributed by atoms with van der Waals surface area (Å²) in [4.78, 5) is 10.6. The van der Waals surface area contributed by atoms with Gasteiger partial charge < -0.3 is 4.74 Å². The van der Waals surface area contributed by atoms with Crippen molar-refractivity contribution in [2.45, 2.75) is 38.7 Å². The number of rotatable bonds is 3. The highest BCUT2D eigenvalue weighted by molar-refractivity contribution is 6.32.